The van der Waals surface area contributed by atoms with E-state index in [9.17, 15) is 4.39 Å². The highest BCUT2D eigenvalue weighted by Crippen LogP contribution is 2.35. The molecule has 106 valence electrons. The Hall–Kier alpha value is -0.760. The SMILES string of the molecule is Fc1ccccc1C(CCl)(CCl)Cc1ccccc1Cl. The maximum Gasteiger partial charge on any atom is 0.127 e. The van der Waals surface area contributed by atoms with Crippen LogP contribution in [0.15, 0.2) is 48.5 Å². The van der Waals surface area contributed by atoms with Gasteiger partial charge in [-0.2, -0.15) is 0 Å². The highest BCUT2D eigenvalue weighted by Gasteiger charge is 2.34. The predicted octanol–water partition coefficient (Wildman–Crippen LogP) is 5.44. The van der Waals surface area contributed by atoms with Crippen molar-refractivity contribution in [1.29, 1.82) is 0 Å². The number of rotatable bonds is 5. The van der Waals surface area contributed by atoms with Crippen molar-refractivity contribution in [1.82, 2.24) is 0 Å². The van der Waals surface area contributed by atoms with Gasteiger partial charge in [-0.25, -0.2) is 4.39 Å². The van der Waals surface area contributed by atoms with Crippen molar-refractivity contribution in [2.24, 2.45) is 0 Å². The van der Waals surface area contributed by atoms with E-state index in [-0.39, 0.29) is 17.6 Å². The lowest BCUT2D eigenvalue weighted by atomic mass is 9.78. The van der Waals surface area contributed by atoms with Crippen LogP contribution in [0.25, 0.3) is 0 Å². The first-order valence-corrected chi connectivity index (χ1v) is 7.68. The molecule has 0 unspecified atom stereocenters. The topological polar surface area (TPSA) is 0 Å². The van der Waals surface area contributed by atoms with Gasteiger partial charge in [0.2, 0.25) is 0 Å². The summed E-state index contributed by atoms with van der Waals surface area (Å²) in [6.07, 6.45) is 0.501. The quantitative estimate of drug-likeness (QED) is 0.640. The molecule has 0 aliphatic heterocycles. The summed E-state index contributed by atoms with van der Waals surface area (Å²) in [5.74, 6) is 0.159. The van der Waals surface area contributed by atoms with E-state index in [2.05, 4.69) is 0 Å². The smallest absolute Gasteiger partial charge is 0.127 e. The van der Waals surface area contributed by atoms with Crippen molar-refractivity contribution >= 4 is 34.8 Å². The second-order valence-corrected chi connectivity index (χ2v) is 5.74. The van der Waals surface area contributed by atoms with Crippen LogP contribution in [0.4, 0.5) is 4.39 Å². The van der Waals surface area contributed by atoms with Crippen molar-refractivity contribution in [2.75, 3.05) is 11.8 Å². The van der Waals surface area contributed by atoms with Crippen LogP contribution in [0.2, 0.25) is 5.02 Å². The van der Waals surface area contributed by atoms with Crippen LogP contribution in [0, 0.1) is 5.82 Å². The van der Waals surface area contributed by atoms with Gasteiger partial charge in [-0.3, -0.25) is 0 Å². The summed E-state index contributed by atoms with van der Waals surface area (Å²) in [7, 11) is 0. The third-order valence-electron chi connectivity index (χ3n) is 3.44. The van der Waals surface area contributed by atoms with Gasteiger partial charge in [0.15, 0.2) is 0 Å². The minimum absolute atomic E-state index is 0.225. The van der Waals surface area contributed by atoms with Gasteiger partial charge in [-0.1, -0.05) is 48.0 Å². The van der Waals surface area contributed by atoms with Crippen LogP contribution in [0.3, 0.4) is 0 Å². The van der Waals surface area contributed by atoms with E-state index >= 15 is 0 Å². The maximum atomic E-state index is 14.1. The fourth-order valence-corrected chi connectivity index (χ4v) is 3.23. The molecular formula is C16H14Cl3F. The fraction of sp³-hybridized carbons (Fsp3) is 0.250. The summed E-state index contributed by atoms with van der Waals surface area (Å²) < 4.78 is 14.1. The Bertz CT molecular complexity index is 579. The van der Waals surface area contributed by atoms with E-state index in [0.717, 1.165) is 5.56 Å². The monoisotopic (exact) mass is 330 g/mol. The Balaban J connectivity index is 2.46. The van der Waals surface area contributed by atoms with Crippen molar-refractivity contribution < 1.29 is 4.39 Å². The molecule has 0 N–H and O–H groups in total. The minimum Gasteiger partial charge on any atom is -0.207 e. The molecule has 4 heteroatoms. The zero-order valence-corrected chi connectivity index (χ0v) is 13.0. The normalized spacial score (nSPS) is 11.6. The van der Waals surface area contributed by atoms with E-state index in [1.165, 1.54) is 6.07 Å². The van der Waals surface area contributed by atoms with Crippen LogP contribution in [0.5, 0.6) is 0 Å². The molecule has 0 radical (unpaired) electrons. The number of hydrogen-bond acceptors (Lipinski definition) is 0. The van der Waals surface area contributed by atoms with Crippen LogP contribution < -0.4 is 0 Å². The summed E-state index contributed by atoms with van der Waals surface area (Å²) in [4.78, 5) is 0. The molecule has 2 aromatic rings. The van der Waals surface area contributed by atoms with Crippen molar-refractivity contribution in [3.63, 3.8) is 0 Å². The molecule has 20 heavy (non-hydrogen) atoms. The Labute approximate surface area is 133 Å². The molecule has 0 bridgehead atoms. The number of halogens is 4. The number of alkyl halides is 2. The van der Waals surface area contributed by atoms with Gasteiger partial charge in [0.25, 0.3) is 0 Å². The van der Waals surface area contributed by atoms with Gasteiger partial charge < -0.3 is 0 Å². The lowest BCUT2D eigenvalue weighted by Crippen LogP contribution is -2.34. The van der Waals surface area contributed by atoms with Crippen molar-refractivity contribution in [3.8, 4) is 0 Å². The van der Waals surface area contributed by atoms with Crippen LogP contribution in [-0.4, -0.2) is 11.8 Å². The Morgan fingerprint density at radius 1 is 0.900 bits per heavy atom. The molecule has 0 aliphatic carbocycles. The highest BCUT2D eigenvalue weighted by atomic mass is 35.5. The van der Waals surface area contributed by atoms with Gasteiger partial charge in [-0.05, 0) is 29.7 Å². The van der Waals surface area contributed by atoms with Gasteiger partial charge >= 0.3 is 0 Å². The Morgan fingerprint density at radius 2 is 1.50 bits per heavy atom. The largest absolute Gasteiger partial charge is 0.207 e. The molecule has 0 aliphatic rings. The summed E-state index contributed by atoms with van der Waals surface area (Å²) >= 11 is 18.5. The van der Waals surface area contributed by atoms with E-state index in [1.807, 2.05) is 24.3 Å². The molecule has 0 saturated heterocycles. The second-order valence-electron chi connectivity index (χ2n) is 4.80. The highest BCUT2D eigenvalue weighted by molar-refractivity contribution is 6.31. The summed E-state index contributed by atoms with van der Waals surface area (Å²) in [5.41, 5.74) is 0.781. The molecule has 0 heterocycles. The van der Waals surface area contributed by atoms with E-state index in [4.69, 9.17) is 34.8 Å². The van der Waals surface area contributed by atoms with Gasteiger partial charge in [0.1, 0.15) is 5.82 Å². The van der Waals surface area contributed by atoms with E-state index in [1.54, 1.807) is 18.2 Å². The Morgan fingerprint density at radius 3 is 2.10 bits per heavy atom. The molecule has 0 atom stereocenters. The van der Waals surface area contributed by atoms with Crippen LogP contribution in [-0.2, 0) is 11.8 Å². The average molecular weight is 332 g/mol. The second kappa shape index (κ2) is 6.80. The molecular weight excluding hydrogens is 318 g/mol. The molecule has 2 aromatic carbocycles. The van der Waals surface area contributed by atoms with Gasteiger partial charge in [0, 0.05) is 22.2 Å². The summed E-state index contributed by atoms with van der Waals surface area (Å²) in [6, 6.07) is 14.1. The molecule has 0 spiro atoms. The molecule has 0 fully saturated rings. The van der Waals surface area contributed by atoms with E-state index in [0.29, 0.717) is 17.0 Å². The summed E-state index contributed by atoms with van der Waals surface area (Å²) in [6.45, 7) is 0. The number of hydrogen-bond donors (Lipinski definition) is 0. The first kappa shape index (κ1) is 15.6. The van der Waals surface area contributed by atoms with Gasteiger partial charge in [0.05, 0.1) is 0 Å². The standard InChI is InChI=1S/C16H14Cl3F/c17-10-16(11-18,13-6-2-4-8-15(13)20)9-12-5-1-3-7-14(12)19/h1-8H,9-11H2. The lowest BCUT2D eigenvalue weighted by molar-refractivity contribution is 0.491. The molecule has 2 rings (SSSR count). The third kappa shape index (κ3) is 3.11. The van der Waals surface area contributed by atoms with Crippen LogP contribution in [0.1, 0.15) is 11.1 Å². The van der Waals surface area contributed by atoms with Crippen molar-refractivity contribution in [2.45, 2.75) is 11.8 Å². The van der Waals surface area contributed by atoms with Gasteiger partial charge in [-0.15, -0.1) is 23.2 Å². The molecule has 0 aromatic heterocycles. The first-order valence-electron chi connectivity index (χ1n) is 6.23. The fourth-order valence-electron chi connectivity index (χ4n) is 2.27. The van der Waals surface area contributed by atoms with Crippen LogP contribution >= 0.6 is 34.8 Å². The molecule has 0 nitrogen and oxygen atoms in total. The zero-order chi connectivity index (χ0) is 14.6. The molecule has 0 saturated carbocycles. The number of benzene rings is 2. The maximum absolute atomic E-state index is 14.1. The minimum atomic E-state index is -0.667. The predicted molar refractivity (Wildman–Crippen MR) is 84.7 cm³/mol. The molecule has 0 amide bonds. The first-order chi connectivity index (χ1) is 9.63. The Kier molecular flexibility index (Phi) is 5.31. The van der Waals surface area contributed by atoms with E-state index < -0.39 is 5.41 Å². The lowest BCUT2D eigenvalue weighted by Gasteiger charge is -2.31. The zero-order valence-electron chi connectivity index (χ0n) is 10.8. The average Bonchev–Trinajstić information content (AvgIpc) is 2.48. The third-order valence-corrected chi connectivity index (χ3v) is 4.84. The van der Waals surface area contributed by atoms with Crippen molar-refractivity contribution in [3.05, 3.63) is 70.5 Å². The summed E-state index contributed by atoms with van der Waals surface area (Å²) in [5, 5.41) is 0.642.